The Balaban J connectivity index is 2.06. The Labute approximate surface area is 101 Å². The summed E-state index contributed by atoms with van der Waals surface area (Å²) in [5, 5.41) is 13.8. The zero-order valence-electron chi connectivity index (χ0n) is 8.58. The van der Waals surface area contributed by atoms with Crippen LogP contribution in [0, 0.1) is 10.1 Å². The van der Waals surface area contributed by atoms with Crippen LogP contribution in [-0.4, -0.2) is 9.91 Å². The van der Waals surface area contributed by atoms with Gasteiger partial charge in [-0.15, -0.1) is 0 Å². The van der Waals surface area contributed by atoms with Crippen LogP contribution < -0.4 is 5.32 Å². The lowest BCUT2D eigenvalue weighted by Crippen LogP contribution is -2.02. The summed E-state index contributed by atoms with van der Waals surface area (Å²) in [7, 11) is 0. The largest absolute Gasteiger partial charge is 0.338 e. The maximum atomic E-state index is 10.7. The molecule has 0 fully saturated rings. The van der Waals surface area contributed by atoms with E-state index in [1.54, 1.807) is 0 Å². The first-order chi connectivity index (χ1) is 8.24. The molecule has 0 aliphatic carbocycles. The van der Waals surface area contributed by atoms with Crippen molar-refractivity contribution in [2.24, 2.45) is 0 Å². The highest BCUT2D eigenvalue weighted by molar-refractivity contribution is 7.99. The van der Waals surface area contributed by atoms with E-state index >= 15 is 0 Å². The zero-order chi connectivity index (χ0) is 11.8. The molecular weight excluding hydrogens is 238 g/mol. The minimum absolute atomic E-state index is 0.0115. The Kier molecular flexibility index (Phi) is 2.22. The number of para-hydroxylation sites is 1. The van der Waals surface area contributed by atoms with E-state index in [-0.39, 0.29) is 5.69 Å². The molecule has 0 spiro atoms. The van der Waals surface area contributed by atoms with Crippen molar-refractivity contribution < 1.29 is 4.92 Å². The van der Waals surface area contributed by atoms with Crippen molar-refractivity contribution >= 4 is 29.0 Å². The molecule has 2 aromatic rings. The molecule has 1 aliphatic rings. The Morgan fingerprint density at radius 2 is 2.12 bits per heavy atom. The lowest BCUT2D eigenvalue weighted by atomic mass is 10.3. The number of fused-ring (bicyclic) bond motifs is 2. The highest BCUT2D eigenvalue weighted by Gasteiger charge is 2.19. The van der Waals surface area contributed by atoms with Crippen LogP contribution in [0.15, 0.2) is 46.3 Å². The predicted molar refractivity (Wildman–Crippen MR) is 64.7 cm³/mol. The van der Waals surface area contributed by atoms with E-state index in [2.05, 4.69) is 10.3 Å². The number of nitro groups is 1. The average Bonchev–Trinajstić information content (AvgIpc) is 2.35. The number of nitrogens with zero attached hydrogens (tertiary/aromatic N) is 2. The van der Waals surface area contributed by atoms with E-state index < -0.39 is 4.92 Å². The molecule has 0 bridgehead atoms. The standard InChI is InChI=1S/C11H7N3O2S/c15-14(16)7-5-10-11(12-6-7)13-8-3-1-2-4-9(8)17-10/h1-6H,(H,12,13). The lowest BCUT2D eigenvalue weighted by Gasteiger charge is -2.18. The molecule has 1 aromatic carbocycles. The van der Waals surface area contributed by atoms with E-state index in [1.807, 2.05) is 24.3 Å². The molecule has 2 heterocycles. The van der Waals surface area contributed by atoms with E-state index in [1.165, 1.54) is 24.0 Å². The second-order valence-corrected chi connectivity index (χ2v) is 4.60. The van der Waals surface area contributed by atoms with Gasteiger partial charge >= 0.3 is 0 Å². The van der Waals surface area contributed by atoms with Gasteiger partial charge in [-0.2, -0.15) is 0 Å². The molecule has 0 saturated carbocycles. The number of hydrogen-bond donors (Lipinski definition) is 1. The van der Waals surface area contributed by atoms with Crippen molar-refractivity contribution in [1.29, 1.82) is 0 Å². The fourth-order valence-electron chi connectivity index (χ4n) is 1.61. The van der Waals surface area contributed by atoms with Crippen molar-refractivity contribution in [1.82, 2.24) is 4.98 Å². The molecular formula is C11H7N3O2S. The molecule has 1 aliphatic heterocycles. The first-order valence-corrected chi connectivity index (χ1v) is 5.74. The summed E-state index contributed by atoms with van der Waals surface area (Å²) in [5.74, 6) is 0.666. The summed E-state index contributed by atoms with van der Waals surface area (Å²) in [6.07, 6.45) is 1.26. The number of nitrogens with one attached hydrogen (secondary N) is 1. The SMILES string of the molecule is O=[N+]([O-])c1cnc2c(c1)Sc1ccccc1N2. The van der Waals surface area contributed by atoms with Gasteiger partial charge in [-0.3, -0.25) is 10.1 Å². The van der Waals surface area contributed by atoms with Gasteiger partial charge in [0.05, 0.1) is 15.5 Å². The Morgan fingerprint density at radius 3 is 2.94 bits per heavy atom. The topological polar surface area (TPSA) is 68.1 Å². The monoisotopic (exact) mass is 245 g/mol. The van der Waals surface area contributed by atoms with Crippen molar-refractivity contribution in [2.75, 3.05) is 5.32 Å². The molecule has 17 heavy (non-hydrogen) atoms. The van der Waals surface area contributed by atoms with Gasteiger partial charge in [-0.1, -0.05) is 23.9 Å². The average molecular weight is 245 g/mol. The number of benzene rings is 1. The highest BCUT2D eigenvalue weighted by Crippen LogP contribution is 2.43. The second kappa shape index (κ2) is 3.74. The third-order valence-corrected chi connectivity index (χ3v) is 3.52. The van der Waals surface area contributed by atoms with Crippen LogP contribution in [0.1, 0.15) is 0 Å². The van der Waals surface area contributed by atoms with Gasteiger partial charge in [0.15, 0.2) is 0 Å². The van der Waals surface area contributed by atoms with Crippen LogP contribution in [-0.2, 0) is 0 Å². The maximum absolute atomic E-state index is 10.7. The third kappa shape index (κ3) is 1.72. The third-order valence-electron chi connectivity index (χ3n) is 2.41. The number of pyridine rings is 1. The highest BCUT2D eigenvalue weighted by atomic mass is 32.2. The van der Waals surface area contributed by atoms with Crippen LogP contribution >= 0.6 is 11.8 Å². The summed E-state index contributed by atoms with van der Waals surface area (Å²) in [6, 6.07) is 9.32. The molecule has 0 amide bonds. The summed E-state index contributed by atoms with van der Waals surface area (Å²) >= 11 is 1.48. The molecule has 0 unspecified atom stereocenters. The van der Waals surface area contributed by atoms with Crippen LogP contribution in [0.5, 0.6) is 0 Å². The Bertz CT molecular complexity index is 615. The number of rotatable bonds is 1. The minimum Gasteiger partial charge on any atom is -0.338 e. The molecule has 84 valence electrons. The van der Waals surface area contributed by atoms with Crippen LogP contribution in [0.4, 0.5) is 17.2 Å². The molecule has 6 heteroatoms. The molecule has 5 nitrogen and oxygen atoms in total. The molecule has 3 rings (SSSR count). The molecule has 1 aromatic heterocycles. The van der Waals surface area contributed by atoms with Gasteiger partial charge in [0.25, 0.3) is 5.69 Å². The minimum atomic E-state index is -0.436. The number of anilines is 2. The normalized spacial score (nSPS) is 12.2. The molecule has 0 radical (unpaired) electrons. The quantitative estimate of drug-likeness (QED) is 0.526. The van der Waals surface area contributed by atoms with Crippen LogP contribution in [0.3, 0.4) is 0 Å². The van der Waals surface area contributed by atoms with Crippen molar-refractivity contribution in [3.63, 3.8) is 0 Å². The van der Waals surface area contributed by atoms with Gasteiger partial charge in [0.1, 0.15) is 12.0 Å². The van der Waals surface area contributed by atoms with Crippen molar-refractivity contribution in [3.05, 3.63) is 46.6 Å². The smallest absolute Gasteiger partial charge is 0.288 e. The fourth-order valence-corrected chi connectivity index (χ4v) is 2.60. The predicted octanol–water partition coefficient (Wildman–Crippen LogP) is 3.20. The van der Waals surface area contributed by atoms with E-state index in [0.29, 0.717) is 5.82 Å². The van der Waals surface area contributed by atoms with Crippen molar-refractivity contribution in [3.8, 4) is 0 Å². The van der Waals surface area contributed by atoms with Gasteiger partial charge in [0.2, 0.25) is 0 Å². The van der Waals surface area contributed by atoms with E-state index in [9.17, 15) is 10.1 Å². The van der Waals surface area contributed by atoms with Gasteiger partial charge in [0, 0.05) is 11.0 Å². The molecule has 0 atom stereocenters. The first kappa shape index (κ1) is 10.1. The Morgan fingerprint density at radius 1 is 1.29 bits per heavy atom. The fraction of sp³-hybridized carbons (Fsp3) is 0. The van der Waals surface area contributed by atoms with Crippen LogP contribution in [0.25, 0.3) is 0 Å². The number of hydrogen-bond acceptors (Lipinski definition) is 5. The van der Waals surface area contributed by atoms with Gasteiger partial charge in [-0.05, 0) is 12.1 Å². The van der Waals surface area contributed by atoms with E-state index in [4.69, 9.17) is 0 Å². The summed E-state index contributed by atoms with van der Waals surface area (Å²) in [4.78, 5) is 16.1. The van der Waals surface area contributed by atoms with E-state index in [0.717, 1.165) is 15.5 Å². The van der Waals surface area contributed by atoms with Crippen LogP contribution in [0.2, 0.25) is 0 Å². The van der Waals surface area contributed by atoms with Gasteiger partial charge in [-0.25, -0.2) is 4.98 Å². The first-order valence-electron chi connectivity index (χ1n) is 4.92. The lowest BCUT2D eigenvalue weighted by molar-refractivity contribution is -0.385. The van der Waals surface area contributed by atoms with Crippen molar-refractivity contribution in [2.45, 2.75) is 9.79 Å². The summed E-state index contributed by atoms with van der Waals surface area (Å²) in [6.45, 7) is 0. The Hall–Kier alpha value is -2.08. The second-order valence-electron chi connectivity index (χ2n) is 3.52. The zero-order valence-corrected chi connectivity index (χ0v) is 9.40. The number of aromatic nitrogens is 1. The summed E-state index contributed by atoms with van der Waals surface area (Å²) in [5.41, 5.74) is 0.990. The summed E-state index contributed by atoms with van der Waals surface area (Å²) < 4.78 is 0. The molecule has 1 N–H and O–H groups in total. The molecule has 0 saturated heterocycles. The van der Waals surface area contributed by atoms with Gasteiger partial charge < -0.3 is 5.32 Å². The maximum Gasteiger partial charge on any atom is 0.288 e.